The molecule has 7 heteroatoms. The third kappa shape index (κ3) is 5.22. The zero-order chi connectivity index (χ0) is 17.6. The lowest BCUT2D eigenvalue weighted by Gasteiger charge is -1.99. The fourth-order valence-corrected chi connectivity index (χ4v) is 3.23. The molecule has 0 bridgehead atoms. The first kappa shape index (κ1) is 17.8. The second kappa shape index (κ2) is 8.38. The van der Waals surface area contributed by atoms with Crippen molar-refractivity contribution < 1.29 is 9.21 Å². The van der Waals surface area contributed by atoms with Gasteiger partial charge in [-0.3, -0.25) is 4.79 Å². The van der Waals surface area contributed by atoms with Crippen LogP contribution in [0.3, 0.4) is 0 Å². The van der Waals surface area contributed by atoms with E-state index in [0.717, 1.165) is 14.5 Å². The van der Waals surface area contributed by atoms with Crippen LogP contribution < -0.4 is 5.43 Å². The molecule has 126 valence electrons. The molecule has 3 rings (SSSR count). The van der Waals surface area contributed by atoms with Gasteiger partial charge in [0.2, 0.25) is 0 Å². The van der Waals surface area contributed by atoms with Gasteiger partial charge in [-0.2, -0.15) is 5.10 Å². The standard InChI is InChI=1S/C18H12BrClN2O2S/c19-13-3-1-2-12(10-13)18(23)22-21-11-15-6-9-17(24-15)25-16-7-4-14(20)5-8-16/h1-11H,(H,22,23)/b21-11-. The summed E-state index contributed by atoms with van der Waals surface area (Å²) in [6.07, 6.45) is 1.46. The second-order valence-corrected chi connectivity index (χ2v) is 7.35. The predicted molar refractivity (Wildman–Crippen MR) is 103 cm³/mol. The van der Waals surface area contributed by atoms with Crippen molar-refractivity contribution in [3.8, 4) is 0 Å². The van der Waals surface area contributed by atoms with Gasteiger partial charge in [-0.25, -0.2) is 5.43 Å². The molecule has 0 atom stereocenters. The largest absolute Gasteiger partial charge is 0.448 e. The minimum Gasteiger partial charge on any atom is -0.448 e. The van der Waals surface area contributed by atoms with E-state index < -0.39 is 0 Å². The van der Waals surface area contributed by atoms with E-state index in [9.17, 15) is 4.79 Å². The summed E-state index contributed by atoms with van der Waals surface area (Å²) in [5.41, 5.74) is 2.99. The van der Waals surface area contributed by atoms with Crippen molar-refractivity contribution in [2.75, 3.05) is 0 Å². The quantitative estimate of drug-likeness (QED) is 0.418. The van der Waals surface area contributed by atoms with Crippen LogP contribution in [0, 0.1) is 0 Å². The minimum absolute atomic E-state index is 0.292. The molecule has 3 aromatic rings. The summed E-state index contributed by atoms with van der Waals surface area (Å²) < 4.78 is 6.48. The first-order chi connectivity index (χ1) is 12.1. The highest BCUT2D eigenvalue weighted by Crippen LogP contribution is 2.29. The molecule has 0 aliphatic carbocycles. The third-order valence-electron chi connectivity index (χ3n) is 3.08. The molecule has 0 aliphatic rings. The number of nitrogens with zero attached hydrogens (tertiary/aromatic N) is 1. The second-order valence-electron chi connectivity index (χ2n) is 4.92. The minimum atomic E-state index is -0.292. The normalized spacial score (nSPS) is 11.0. The lowest BCUT2D eigenvalue weighted by atomic mass is 10.2. The molecule has 0 saturated carbocycles. The first-order valence-corrected chi connectivity index (χ1v) is 9.21. The predicted octanol–water partition coefficient (Wildman–Crippen LogP) is 5.61. The Bertz CT molecular complexity index is 909. The van der Waals surface area contributed by atoms with Gasteiger partial charge < -0.3 is 4.42 Å². The molecule has 1 heterocycles. The molecule has 0 saturated heterocycles. The van der Waals surface area contributed by atoms with Crippen molar-refractivity contribution in [3.05, 3.63) is 81.5 Å². The van der Waals surface area contributed by atoms with Gasteiger partial charge in [0.25, 0.3) is 5.91 Å². The number of halogens is 2. The molecule has 0 aliphatic heterocycles. The molecular formula is C18H12BrClN2O2S. The topological polar surface area (TPSA) is 54.6 Å². The van der Waals surface area contributed by atoms with Gasteiger partial charge >= 0.3 is 0 Å². The van der Waals surface area contributed by atoms with E-state index in [2.05, 4.69) is 26.5 Å². The van der Waals surface area contributed by atoms with Crippen LogP contribution in [0.2, 0.25) is 5.02 Å². The molecular weight excluding hydrogens is 424 g/mol. The fraction of sp³-hybridized carbons (Fsp3) is 0. The molecule has 0 fully saturated rings. The average Bonchev–Trinajstić information content (AvgIpc) is 3.04. The number of benzene rings is 2. The lowest BCUT2D eigenvalue weighted by Crippen LogP contribution is -2.17. The number of hydrazone groups is 1. The van der Waals surface area contributed by atoms with Crippen LogP contribution in [0.5, 0.6) is 0 Å². The van der Waals surface area contributed by atoms with E-state index in [1.165, 1.54) is 18.0 Å². The summed E-state index contributed by atoms with van der Waals surface area (Å²) in [5.74, 6) is 0.255. The van der Waals surface area contributed by atoms with E-state index in [0.29, 0.717) is 16.3 Å². The van der Waals surface area contributed by atoms with Gasteiger partial charge in [0.15, 0.2) is 5.09 Å². The molecule has 2 aromatic carbocycles. The summed E-state index contributed by atoms with van der Waals surface area (Å²) in [6.45, 7) is 0. The van der Waals surface area contributed by atoms with Gasteiger partial charge in [0, 0.05) is 20.0 Å². The van der Waals surface area contributed by atoms with E-state index >= 15 is 0 Å². The van der Waals surface area contributed by atoms with Gasteiger partial charge in [0.1, 0.15) is 5.76 Å². The van der Waals surface area contributed by atoms with Gasteiger partial charge in [-0.1, -0.05) is 45.4 Å². The highest BCUT2D eigenvalue weighted by molar-refractivity contribution is 9.10. The Morgan fingerprint density at radius 3 is 2.72 bits per heavy atom. The zero-order valence-corrected chi connectivity index (χ0v) is 15.9. The summed E-state index contributed by atoms with van der Waals surface area (Å²) >= 11 is 10.7. The highest BCUT2D eigenvalue weighted by atomic mass is 79.9. The molecule has 0 unspecified atom stereocenters. The number of rotatable bonds is 5. The number of nitrogens with one attached hydrogen (secondary N) is 1. The van der Waals surface area contributed by atoms with E-state index in [4.69, 9.17) is 16.0 Å². The van der Waals surface area contributed by atoms with Crippen LogP contribution >= 0.6 is 39.3 Å². The summed E-state index contributed by atoms with van der Waals surface area (Å²) in [5, 5.41) is 5.34. The van der Waals surface area contributed by atoms with Crippen molar-refractivity contribution in [2.24, 2.45) is 5.10 Å². The Morgan fingerprint density at radius 1 is 1.16 bits per heavy atom. The Kier molecular flexibility index (Phi) is 5.96. The van der Waals surface area contributed by atoms with E-state index in [1.54, 1.807) is 24.3 Å². The number of hydrogen-bond donors (Lipinski definition) is 1. The number of carbonyl (C=O) groups excluding carboxylic acids is 1. The molecule has 0 radical (unpaired) electrons. The maximum absolute atomic E-state index is 12.0. The van der Waals surface area contributed by atoms with Crippen LogP contribution in [0.15, 0.2) is 84.6 Å². The van der Waals surface area contributed by atoms with Gasteiger partial charge in [-0.05, 0) is 54.6 Å². The molecule has 0 spiro atoms. The molecule has 1 aromatic heterocycles. The van der Waals surface area contributed by atoms with Crippen LogP contribution in [0.4, 0.5) is 0 Å². The van der Waals surface area contributed by atoms with Crippen molar-refractivity contribution in [3.63, 3.8) is 0 Å². The van der Waals surface area contributed by atoms with Crippen LogP contribution in [-0.4, -0.2) is 12.1 Å². The fourth-order valence-electron chi connectivity index (χ4n) is 1.93. The maximum Gasteiger partial charge on any atom is 0.271 e. The van der Waals surface area contributed by atoms with Gasteiger partial charge in [-0.15, -0.1) is 0 Å². The summed E-state index contributed by atoms with van der Waals surface area (Å²) in [6, 6.07) is 18.2. The van der Waals surface area contributed by atoms with Crippen LogP contribution in [-0.2, 0) is 0 Å². The zero-order valence-electron chi connectivity index (χ0n) is 12.8. The van der Waals surface area contributed by atoms with Crippen molar-refractivity contribution in [1.29, 1.82) is 0 Å². The number of amides is 1. The Balaban J connectivity index is 1.58. The summed E-state index contributed by atoms with van der Waals surface area (Å²) in [7, 11) is 0. The smallest absolute Gasteiger partial charge is 0.271 e. The first-order valence-electron chi connectivity index (χ1n) is 7.22. The van der Waals surface area contributed by atoms with E-state index in [1.807, 2.05) is 36.4 Å². The average molecular weight is 436 g/mol. The monoisotopic (exact) mass is 434 g/mol. The Hall–Kier alpha value is -2.02. The molecule has 1 N–H and O–H groups in total. The molecule has 4 nitrogen and oxygen atoms in total. The number of furan rings is 1. The van der Waals surface area contributed by atoms with E-state index in [-0.39, 0.29) is 5.91 Å². The lowest BCUT2D eigenvalue weighted by molar-refractivity contribution is 0.0955. The Morgan fingerprint density at radius 2 is 1.96 bits per heavy atom. The SMILES string of the molecule is O=C(N/N=C\c1ccc(Sc2ccc(Cl)cc2)o1)c1cccc(Br)c1. The molecule has 1 amide bonds. The van der Waals surface area contributed by atoms with Crippen molar-refractivity contribution >= 4 is 51.4 Å². The van der Waals surface area contributed by atoms with Crippen molar-refractivity contribution in [1.82, 2.24) is 5.43 Å². The van der Waals surface area contributed by atoms with Gasteiger partial charge in [0.05, 0.1) is 6.21 Å². The molecule has 25 heavy (non-hydrogen) atoms. The third-order valence-corrected chi connectivity index (χ3v) is 4.75. The van der Waals surface area contributed by atoms with Crippen LogP contribution in [0.1, 0.15) is 16.1 Å². The van der Waals surface area contributed by atoms with Crippen LogP contribution in [0.25, 0.3) is 0 Å². The number of carbonyl (C=O) groups is 1. The number of hydrogen-bond acceptors (Lipinski definition) is 4. The highest BCUT2D eigenvalue weighted by Gasteiger charge is 2.05. The van der Waals surface area contributed by atoms with Crippen molar-refractivity contribution in [2.45, 2.75) is 9.99 Å². The summed E-state index contributed by atoms with van der Waals surface area (Å²) in [4.78, 5) is 13.0. The maximum atomic E-state index is 12.0. The Labute approximate surface area is 162 Å².